The number of rotatable bonds is 1. The van der Waals surface area contributed by atoms with Crippen LogP contribution in [0.3, 0.4) is 0 Å². The number of piperidine rings is 1. The van der Waals surface area contributed by atoms with Gasteiger partial charge in [-0.25, -0.2) is 4.79 Å². The molecule has 1 heterocycles. The van der Waals surface area contributed by atoms with Gasteiger partial charge in [0.05, 0.1) is 0 Å². The van der Waals surface area contributed by atoms with E-state index in [0.29, 0.717) is 6.04 Å². The maximum Gasteiger partial charge on any atom is 0.314 e. The lowest BCUT2D eigenvalue weighted by atomic mass is 10.1. The van der Waals surface area contributed by atoms with E-state index in [1.807, 2.05) is 7.05 Å². The van der Waals surface area contributed by atoms with E-state index in [9.17, 15) is 4.79 Å². The lowest BCUT2D eigenvalue weighted by molar-refractivity contribution is 0.184. The molecule has 0 saturated carbocycles. The van der Waals surface area contributed by atoms with Crippen LogP contribution in [0.1, 0.15) is 12.8 Å². The van der Waals surface area contributed by atoms with E-state index in [2.05, 4.69) is 5.32 Å². The Bertz CT molecular complexity index is 149. The maximum absolute atomic E-state index is 10.7. The molecule has 0 bridgehead atoms. The number of likely N-dealkylation sites (N-methyl/N-ethyl adjacent to an activating group) is 1. The molecule has 0 aromatic heterocycles. The first kappa shape index (κ1) is 8.33. The Morgan fingerprint density at radius 3 is 3.00 bits per heavy atom. The van der Waals surface area contributed by atoms with Gasteiger partial charge < -0.3 is 16.0 Å². The highest BCUT2D eigenvalue weighted by Gasteiger charge is 2.19. The number of urea groups is 1. The predicted molar refractivity (Wildman–Crippen MR) is 43.2 cm³/mol. The summed E-state index contributed by atoms with van der Waals surface area (Å²) in [5, 5.41) is 3.14. The number of carbonyl (C=O) groups is 1. The fourth-order valence-electron chi connectivity index (χ4n) is 1.41. The van der Waals surface area contributed by atoms with Crippen LogP contribution in [0.5, 0.6) is 0 Å². The molecule has 1 rings (SSSR count). The quantitative estimate of drug-likeness (QED) is 0.551. The lowest BCUT2D eigenvalue weighted by Gasteiger charge is -2.31. The Balaban J connectivity index is 2.39. The fourth-order valence-corrected chi connectivity index (χ4v) is 1.41. The van der Waals surface area contributed by atoms with Gasteiger partial charge in [-0.2, -0.15) is 0 Å². The second-order valence-corrected chi connectivity index (χ2v) is 2.91. The van der Waals surface area contributed by atoms with Crippen molar-refractivity contribution in [2.75, 3.05) is 20.1 Å². The van der Waals surface area contributed by atoms with Crippen LogP contribution in [0.15, 0.2) is 0 Å². The number of primary amides is 1. The van der Waals surface area contributed by atoms with Crippen molar-refractivity contribution in [1.29, 1.82) is 0 Å². The Morgan fingerprint density at radius 2 is 2.45 bits per heavy atom. The summed E-state index contributed by atoms with van der Waals surface area (Å²) in [7, 11) is 1.91. The first-order valence-corrected chi connectivity index (χ1v) is 3.95. The Hall–Kier alpha value is -0.770. The Kier molecular flexibility index (Phi) is 2.70. The van der Waals surface area contributed by atoms with Crippen molar-refractivity contribution in [2.24, 2.45) is 5.73 Å². The number of carbonyl (C=O) groups excluding carboxylic acids is 1. The molecule has 0 radical (unpaired) electrons. The molecule has 0 aliphatic carbocycles. The number of nitrogens with zero attached hydrogens (tertiary/aromatic N) is 1. The average Bonchev–Trinajstić information content (AvgIpc) is 2.05. The SMILES string of the molecule is CNC1CCCN(C(N)=O)C1. The van der Waals surface area contributed by atoms with Gasteiger partial charge in [0.25, 0.3) is 0 Å². The van der Waals surface area contributed by atoms with Crippen LogP contribution in [0.2, 0.25) is 0 Å². The van der Waals surface area contributed by atoms with Crippen molar-refractivity contribution in [1.82, 2.24) is 10.2 Å². The Labute approximate surface area is 66.7 Å². The molecule has 2 amide bonds. The topological polar surface area (TPSA) is 58.4 Å². The molecule has 0 aromatic carbocycles. The molecular formula is C7H15N3O. The van der Waals surface area contributed by atoms with Gasteiger partial charge >= 0.3 is 6.03 Å². The third-order valence-electron chi connectivity index (χ3n) is 2.14. The van der Waals surface area contributed by atoms with Crippen LogP contribution in [0.25, 0.3) is 0 Å². The average molecular weight is 157 g/mol. The molecule has 11 heavy (non-hydrogen) atoms. The van der Waals surface area contributed by atoms with E-state index in [-0.39, 0.29) is 6.03 Å². The highest BCUT2D eigenvalue weighted by atomic mass is 16.2. The van der Waals surface area contributed by atoms with Gasteiger partial charge in [-0.1, -0.05) is 0 Å². The molecular weight excluding hydrogens is 142 g/mol. The van der Waals surface area contributed by atoms with E-state index in [4.69, 9.17) is 5.73 Å². The summed E-state index contributed by atoms with van der Waals surface area (Å²) in [6.45, 7) is 1.57. The first-order chi connectivity index (χ1) is 5.24. The summed E-state index contributed by atoms with van der Waals surface area (Å²) in [6, 6.07) is 0.126. The van der Waals surface area contributed by atoms with Crippen LogP contribution >= 0.6 is 0 Å². The largest absolute Gasteiger partial charge is 0.351 e. The maximum atomic E-state index is 10.7. The molecule has 1 fully saturated rings. The van der Waals surface area contributed by atoms with Crippen LogP contribution in [-0.4, -0.2) is 37.1 Å². The molecule has 1 aliphatic heterocycles. The minimum atomic E-state index is -0.301. The highest BCUT2D eigenvalue weighted by molar-refractivity contribution is 5.72. The molecule has 3 N–H and O–H groups in total. The minimum absolute atomic E-state index is 0.301. The third-order valence-corrected chi connectivity index (χ3v) is 2.14. The van der Waals surface area contributed by atoms with Gasteiger partial charge in [0.1, 0.15) is 0 Å². The van der Waals surface area contributed by atoms with Gasteiger partial charge in [0, 0.05) is 19.1 Å². The van der Waals surface area contributed by atoms with Crippen molar-refractivity contribution in [2.45, 2.75) is 18.9 Å². The number of nitrogens with one attached hydrogen (secondary N) is 1. The predicted octanol–water partition coefficient (Wildman–Crippen LogP) is -0.251. The number of nitrogens with two attached hydrogens (primary N) is 1. The van der Waals surface area contributed by atoms with Gasteiger partial charge in [-0.05, 0) is 19.9 Å². The normalized spacial score (nSPS) is 25.2. The summed E-state index contributed by atoms with van der Waals surface area (Å²) in [5.41, 5.74) is 5.14. The molecule has 1 aliphatic rings. The summed E-state index contributed by atoms with van der Waals surface area (Å²) in [5.74, 6) is 0. The first-order valence-electron chi connectivity index (χ1n) is 3.95. The standard InChI is InChI=1S/C7H15N3O/c1-9-6-3-2-4-10(5-6)7(8)11/h6,9H,2-5H2,1H3,(H2,8,11). The summed E-state index contributed by atoms with van der Waals surface area (Å²) < 4.78 is 0. The molecule has 1 unspecified atom stereocenters. The van der Waals surface area contributed by atoms with Crippen molar-refractivity contribution in [3.63, 3.8) is 0 Å². The van der Waals surface area contributed by atoms with Gasteiger partial charge in [0.15, 0.2) is 0 Å². The van der Waals surface area contributed by atoms with Gasteiger partial charge in [-0.15, -0.1) is 0 Å². The van der Waals surface area contributed by atoms with E-state index < -0.39 is 0 Å². The van der Waals surface area contributed by atoms with Crippen LogP contribution in [0.4, 0.5) is 4.79 Å². The lowest BCUT2D eigenvalue weighted by Crippen LogP contribution is -2.48. The van der Waals surface area contributed by atoms with E-state index in [1.165, 1.54) is 0 Å². The highest BCUT2D eigenvalue weighted by Crippen LogP contribution is 2.08. The van der Waals surface area contributed by atoms with Crippen molar-refractivity contribution in [3.05, 3.63) is 0 Å². The van der Waals surface area contributed by atoms with Crippen LogP contribution in [-0.2, 0) is 0 Å². The number of likely N-dealkylation sites (tertiary alicyclic amines) is 1. The van der Waals surface area contributed by atoms with Crippen molar-refractivity contribution >= 4 is 6.03 Å². The third kappa shape index (κ3) is 2.08. The summed E-state index contributed by atoms with van der Waals surface area (Å²) in [4.78, 5) is 12.4. The molecule has 64 valence electrons. The van der Waals surface area contributed by atoms with Gasteiger partial charge in [-0.3, -0.25) is 0 Å². The molecule has 1 atom stereocenters. The van der Waals surface area contributed by atoms with E-state index in [1.54, 1.807) is 4.90 Å². The monoisotopic (exact) mass is 157 g/mol. The Morgan fingerprint density at radius 1 is 1.73 bits per heavy atom. The zero-order valence-electron chi connectivity index (χ0n) is 6.84. The zero-order valence-corrected chi connectivity index (χ0v) is 6.84. The van der Waals surface area contributed by atoms with E-state index in [0.717, 1.165) is 25.9 Å². The number of hydrogen-bond donors (Lipinski definition) is 2. The number of hydrogen-bond acceptors (Lipinski definition) is 2. The van der Waals surface area contributed by atoms with Crippen molar-refractivity contribution < 1.29 is 4.79 Å². The summed E-state index contributed by atoms with van der Waals surface area (Å²) in [6.07, 6.45) is 2.19. The van der Waals surface area contributed by atoms with Crippen molar-refractivity contribution in [3.8, 4) is 0 Å². The van der Waals surface area contributed by atoms with Gasteiger partial charge in [0.2, 0.25) is 0 Å². The molecule has 4 heteroatoms. The number of amides is 2. The second-order valence-electron chi connectivity index (χ2n) is 2.91. The van der Waals surface area contributed by atoms with E-state index >= 15 is 0 Å². The molecule has 4 nitrogen and oxygen atoms in total. The molecule has 0 aromatic rings. The molecule has 0 spiro atoms. The minimum Gasteiger partial charge on any atom is -0.351 e. The zero-order chi connectivity index (χ0) is 8.27. The fraction of sp³-hybridized carbons (Fsp3) is 0.857. The smallest absolute Gasteiger partial charge is 0.314 e. The van der Waals surface area contributed by atoms with Crippen LogP contribution in [0, 0.1) is 0 Å². The summed E-state index contributed by atoms with van der Waals surface area (Å²) >= 11 is 0. The second kappa shape index (κ2) is 3.57. The molecule has 1 saturated heterocycles. The van der Waals surface area contributed by atoms with Crippen LogP contribution < -0.4 is 11.1 Å².